The lowest BCUT2D eigenvalue weighted by atomic mass is 10.0. The molecule has 1 unspecified atom stereocenters. The number of amides is 2. The summed E-state index contributed by atoms with van der Waals surface area (Å²) in [6, 6.07) is 7.86. The molecule has 0 spiro atoms. The summed E-state index contributed by atoms with van der Waals surface area (Å²) >= 11 is 0. The number of carbonyl (C=O) groups excluding carboxylic acids is 2. The summed E-state index contributed by atoms with van der Waals surface area (Å²) in [4.78, 5) is 28.4. The first-order chi connectivity index (χ1) is 11.8. The lowest BCUT2D eigenvalue weighted by Crippen LogP contribution is -2.53. The standard InChI is InChI=1S/C20H30N2O3/c1-14(2)17-8-6-7-9-18(17)25-16(5)20(24)22-12-10-21(11-13-22)19(23)15(3)4/h6-9,14-16H,10-13H2,1-5H3. The number of carbonyl (C=O) groups is 2. The van der Waals surface area contributed by atoms with Crippen LogP contribution in [-0.2, 0) is 9.59 Å². The van der Waals surface area contributed by atoms with Crippen LogP contribution in [-0.4, -0.2) is 53.9 Å². The van der Waals surface area contributed by atoms with Crippen LogP contribution in [0.5, 0.6) is 5.75 Å². The Morgan fingerprint density at radius 3 is 1.92 bits per heavy atom. The van der Waals surface area contributed by atoms with Crippen LogP contribution in [0.1, 0.15) is 46.1 Å². The molecule has 25 heavy (non-hydrogen) atoms. The molecule has 1 aromatic rings. The van der Waals surface area contributed by atoms with E-state index in [1.807, 2.05) is 43.0 Å². The highest BCUT2D eigenvalue weighted by atomic mass is 16.5. The van der Waals surface area contributed by atoms with E-state index in [-0.39, 0.29) is 17.7 Å². The van der Waals surface area contributed by atoms with E-state index in [4.69, 9.17) is 4.74 Å². The van der Waals surface area contributed by atoms with E-state index < -0.39 is 6.10 Å². The molecule has 1 heterocycles. The fourth-order valence-electron chi connectivity index (χ4n) is 3.08. The average Bonchev–Trinajstić information content (AvgIpc) is 2.60. The molecular formula is C20H30N2O3. The van der Waals surface area contributed by atoms with Gasteiger partial charge in [-0.3, -0.25) is 9.59 Å². The van der Waals surface area contributed by atoms with Crippen molar-refractivity contribution in [2.45, 2.75) is 46.6 Å². The number of ether oxygens (including phenoxy) is 1. The van der Waals surface area contributed by atoms with Crippen molar-refractivity contribution in [3.63, 3.8) is 0 Å². The Morgan fingerprint density at radius 2 is 1.40 bits per heavy atom. The first-order valence-corrected chi connectivity index (χ1v) is 9.14. The Bertz CT molecular complexity index is 605. The lowest BCUT2D eigenvalue weighted by Gasteiger charge is -2.36. The van der Waals surface area contributed by atoms with Gasteiger partial charge in [-0.15, -0.1) is 0 Å². The van der Waals surface area contributed by atoms with Crippen molar-refractivity contribution in [2.75, 3.05) is 26.2 Å². The first-order valence-electron chi connectivity index (χ1n) is 9.14. The quantitative estimate of drug-likeness (QED) is 0.824. The summed E-state index contributed by atoms with van der Waals surface area (Å²) < 4.78 is 5.96. The van der Waals surface area contributed by atoms with Gasteiger partial charge >= 0.3 is 0 Å². The molecule has 5 nitrogen and oxygen atoms in total. The molecule has 0 saturated carbocycles. The molecule has 5 heteroatoms. The van der Waals surface area contributed by atoms with E-state index in [1.165, 1.54) is 0 Å². The van der Waals surface area contributed by atoms with Crippen LogP contribution in [0.4, 0.5) is 0 Å². The first kappa shape index (κ1) is 19.3. The minimum atomic E-state index is -0.535. The number of rotatable bonds is 5. The summed E-state index contributed by atoms with van der Waals surface area (Å²) in [5.41, 5.74) is 1.11. The van der Waals surface area contributed by atoms with Crippen molar-refractivity contribution in [2.24, 2.45) is 5.92 Å². The fourth-order valence-corrected chi connectivity index (χ4v) is 3.08. The number of hydrogen-bond donors (Lipinski definition) is 0. The van der Waals surface area contributed by atoms with Crippen LogP contribution in [0.15, 0.2) is 24.3 Å². The topological polar surface area (TPSA) is 49.9 Å². The van der Waals surface area contributed by atoms with Gasteiger partial charge in [-0.1, -0.05) is 45.9 Å². The molecular weight excluding hydrogens is 316 g/mol. The molecule has 0 radical (unpaired) electrons. The zero-order valence-electron chi connectivity index (χ0n) is 16.0. The van der Waals surface area contributed by atoms with E-state index in [0.29, 0.717) is 32.1 Å². The van der Waals surface area contributed by atoms with Gasteiger partial charge in [-0.05, 0) is 24.5 Å². The van der Waals surface area contributed by atoms with Crippen LogP contribution in [0, 0.1) is 5.92 Å². The Kier molecular flexibility index (Phi) is 6.45. The van der Waals surface area contributed by atoms with Crippen molar-refractivity contribution >= 4 is 11.8 Å². The van der Waals surface area contributed by atoms with Crippen molar-refractivity contribution in [3.05, 3.63) is 29.8 Å². The molecule has 1 aliphatic rings. The fraction of sp³-hybridized carbons (Fsp3) is 0.600. The molecule has 1 saturated heterocycles. The molecule has 1 aromatic carbocycles. The van der Waals surface area contributed by atoms with Crippen LogP contribution in [0.25, 0.3) is 0 Å². The number of benzene rings is 1. The minimum Gasteiger partial charge on any atom is -0.481 e. The molecule has 1 aliphatic heterocycles. The van der Waals surface area contributed by atoms with Gasteiger partial charge in [0.25, 0.3) is 5.91 Å². The second-order valence-corrected chi connectivity index (χ2v) is 7.26. The summed E-state index contributed by atoms with van der Waals surface area (Å²) in [5, 5.41) is 0. The third kappa shape index (κ3) is 4.74. The smallest absolute Gasteiger partial charge is 0.263 e. The zero-order chi connectivity index (χ0) is 18.6. The molecule has 1 fully saturated rings. The molecule has 2 amide bonds. The second-order valence-electron chi connectivity index (χ2n) is 7.26. The number of nitrogens with zero attached hydrogens (tertiary/aromatic N) is 2. The summed E-state index contributed by atoms with van der Waals surface area (Å²) in [6.07, 6.45) is -0.535. The Balaban J connectivity index is 1.95. The van der Waals surface area contributed by atoms with Crippen molar-refractivity contribution < 1.29 is 14.3 Å². The van der Waals surface area contributed by atoms with E-state index in [0.717, 1.165) is 11.3 Å². The van der Waals surface area contributed by atoms with E-state index in [2.05, 4.69) is 13.8 Å². The number of hydrogen-bond acceptors (Lipinski definition) is 3. The third-order valence-corrected chi connectivity index (χ3v) is 4.59. The van der Waals surface area contributed by atoms with Gasteiger partial charge in [-0.25, -0.2) is 0 Å². The van der Waals surface area contributed by atoms with Crippen molar-refractivity contribution in [1.29, 1.82) is 0 Å². The van der Waals surface area contributed by atoms with Gasteiger partial charge in [-0.2, -0.15) is 0 Å². The highest BCUT2D eigenvalue weighted by Gasteiger charge is 2.28. The van der Waals surface area contributed by atoms with Crippen molar-refractivity contribution in [3.8, 4) is 5.75 Å². The monoisotopic (exact) mass is 346 g/mol. The number of piperazine rings is 1. The molecule has 0 aliphatic carbocycles. The van der Waals surface area contributed by atoms with E-state index in [1.54, 1.807) is 11.8 Å². The lowest BCUT2D eigenvalue weighted by molar-refractivity contribution is -0.144. The predicted octanol–water partition coefficient (Wildman–Crippen LogP) is 2.90. The highest BCUT2D eigenvalue weighted by molar-refractivity contribution is 5.82. The Hall–Kier alpha value is -2.04. The van der Waals surface area contributed by atoms with Crippen LogP contribution < -0.4 is 4.74 Å². The van der Waals surface area contributed by atoms with Gasteiger partial charge in [0, 0.05) is 32.1 Å². The van der Waals surface area contributed by atoms with Gasteiger partial charge < -0.3 is 14.5 Å². The largest absolute Gasteiger partial charge is 0.481 e. The molecule has 138 valence electrons. The summed E-state index contributed by atoms with van der Waals surface area (Å²) in [6.45, 7) is 12.2. The summed E-state index contributed by atoms with van der Waals surface area (Å²) in [5.74, 6) is 1.24. The molecule has 1 atom stereocenters. The Labute approximate surface area is 150 Å². The third-order valence-electron chi connectivity index (χ3n) is 4.59. The van der Waals surface area contributed by atoms with Gasteiger partial charge in [0.1, 0.15) is 5.75 Å². The minimum absolute atomic E-state index is 0.00274. The van der Waals surface area contributed by atoms with Crippen LogP contribution >= 0.6 is 0 Å². The van der Waals surface area contributed by atoms with Crippen LogP contribution in [0.3, 0.4) is 0 Å². The van der Waals surface area contributed by atoms with Gasteiger partial charge in [0.2, 0.25) is 5.91 Å². The van der Waals surface area contributed by atoms with E-state index >= 15 is 0 Å². The molecule has 0 aromatic heterocycles. The second kappa shape index (κ2) is 8.37. The Morgan fingerprint density at radius 1 is 0.880 bits per heavy atom. The average molecular weight is 346 g/mol. The maximum atomic E-state index is 12.7. The normalized spacial score (nSPS) is 16.3. The number of para-hydroxylation sites is 1. The highest BCUT2D eigenvalue weighted by Crippen LogP contribution is 2.27. The van der Waals surface area contributed by atoms with E-state index in [9.17, 15) is 9.59 Å². The summed E-state index contributed by atoms with van der Waals surface area (Å²) in [7, 11) is 0. The zero-order valence-corrected chi connectivity index (χ0v) is 16.0. The molecule has 2 rings (SSSR count). The molecule has 0 N–H and O–H groups in total. The van der Waals surface area contributed by atoms with Gasteiger partial charge in [0.15, 0.2) is 6.10 Å². The predicted molar refractivity (Wildman–Crippen MR) is 98.6 cm³/mol. The molecule has 0 bridgehead atoms. The maximum Gasteiger partial charge on any atom is 0.263 e. The van der Waals surface area contributed by atoms with Crippen LogP contribution in [0.2, 0.25) is 0 Å². The maximum absolute atomic E-state index is 12.7. The van der Waals surface area contributed by atoms with Gasteiger partial charge in [0.05, 0.1) is 0 Å². The SMILES string of the molecule is CC(C)C(=O)N1CCN(C(=O)C(C)Oc2ccccc2C(C)C)CC1. The van der Waals surface area contributed by atoms with Crippen molar-refractivity contribution in [1.82, 2.24) is 9.80 Å².